The summed E-state index contributed by atoms with van der Waals surface area (Å²) in [6.45, 7) is 18.5. The van der Waals surface area contributed by atoms with Gasteiger partial charge in [0.25, 0.3) is 0 Å². The van der Waals surface area contributed by atoms with Gasteiger partial charge in [0.1, 0.15) is 0 Å². The average molecular weight is 382 g/mol. The number of rotatable bonds is 10. The van der Waals surface area contributed by atoms with Crippen molar-refractivity contribution < 1.29 is 9.53 Å². The molecular formula is C22H43N3O2. The fourth-order valence-corrected chi connectivity index (χ4v) is 4.10. The van der Waals surface area contributed by atoms with Crippen LogP contribution < -0.4 is 0 Å². The van der Waals surface area contributed by atoms with Gasteiger partial charge < -0.3 is 14.5 Å². The predicted octanol–water partition coefficient (Wildman–Crippen LogP) is 3.09. The Labute approximate surface area is 167 Å². The van der Waals surface area contributed by atoms with E-state index in [4.69, 9.17) is 4.74 Å². The monoisotopic (exact) mass is 381 g/mol. The molecule has 0 saturated carbocycles. The van der Waals surface area contributed by atoms with Crippen molar-refractivity contribution in [3.8, 4) is 0 Å². The van der Waals surface area contributed by atoms with E-state index in [0.717, 1.165) is 45.1 Å². The maximum absolute atomic E-state index is 12.4. The SMILES string of the molecule is CC(C)CCOCCCC(=O)N1CCC(CN2CCN(C(C)C)CC2)CC1. The number of carbonyl (C=O) groups excluding carboxylic acids is 1. The highest BCUT2D eigenvalue weighted by atomic mass is 16.5. The number of hydrogen-bond donors (Lipinski definition) is 0. The summed E-state index contributed by atoms with van der Waals surface area (Å²) in [5.41, 5.74) is 0. The summed E-state index contributed by atoms with van der Waals surface area (Å²) in [7, 11) is 0. The van der Waals surface area contributed by atoms with E-state index in [-0.39, 0.29) is 0 Å². The standard InChI is InChI=1S/C22H43N3O2/c1-19(2)9-17-27-16-5-6-22(26)25-10-7-21(8-11-25)18-23-12-14-24(15-13-23)20(3)4/h19-21H,5-18H2,1-4H3. The van der Waals surface area contributed by atoms with Crippen LogP contribution in [0.5, 0.6) is 0 Å². The van der Waals surface area contributed by atoms with Crippen molar-refractivity contribution in [1.29, 1.82) is 0 Å². The van der Waals surface area contributed by atoms with Crippen molar-refractivity contribution >= 4 is 5.91 Å². The van der Waals surface area contributed by atoms with Gasteiger partial charge in [-0.25, -0.2) is 0 Å². The van der Waals surface area contributed by atoms with Gasteiger partial charge in [0, 0.05) is 71.5 Å². The Morgan fingerprint density at radius 3 is 2.22 bits per heavy atom. The summed E-state index contributed by atoms with van der Waals surface area (Å²) in [5.74, 6) is 1.78. The number of piperidine rings is 1. The van der Waals surface area contributed by atoms with Gasteiger partial charge in [0.2, 0.25) is 5.91 Å². The largest absolute Gasteiger partial charge is 0.381 e. The fraction of sp³-hybridized carbons (Fsp3) is 0.955. The molecule has 0 unspecified atom stereocenters. The van der Waals surface area contributed by atoms with E-state index in [1.54, 1.807) is 0 Å². The molecule has 0 spiro atoms. The van der Waals surface area contributed by atoms with E-state index in [2.05, 4.69) is 42.4 Å². The minimum Gasteiger partial charge on any atom is -0.381 e. The molecular weight excluding hydrogens is 338 g/mol. The Balaban J connectivity index is 1.54. The quantitative estimate of drug-likeness (QED) is 0.545. The highest BCUT2D eigenvalue weighted by Gasteiger charge is 2.26. The number of ether oxygens (including phenoxy) is 1. The summed E-state index contributed by atoms with van der Waals surface area (Å²) < 4.78 is 5.63. The summed E-state index contributed by atoms with van der Waals surface area (Å²) in [4.78, 5) is 19.7. The minimum absolute atomic E-state index is 0.325. The predicted molar refractivity (Wildman–Crippen MR) is 112 cm³/mol. The van der Waals surface area contributed by atoms with Gasteiger partial charge in [-0.2, -0.15) is 0 Å². The molecule has 27 heavy (non-hydrogen) atoms. The molecule has 5 nitrogen and oxygen atoms in total. The van der Waals surface area contributed by atoms with Crippen LogP contribution >= 0.6 is 0 Å². The first kappa shape index (κ1) is 22.6. The molecule has 0 bridgehead atoms. The lowest BCUT2D eigenvalue weighted by molar-refractivity contribution is -0.133. The second kappa shape index (κ2) is 12.0. The first-order valence-electron chi connectivity index (χ1n) is 11.3. The van der Waals surface area contributed by atoms with Crippen LogP contribution in [0.2, 0.25) is 0 Å². The molecule has 2 heterocycles. The summed E-state index contributed by atoms with van der Waals surface area (Å²) in [6.07, 6.45) is 4.94. The van der Waals surface area contributed by atoms with Crippen LogP contribution in [-0.4, -0.2) is 85.7 Å². The van der Waals surface area contributed by atoms with Gasteiger partial charge in [0.15, 0.2) is 0 Å². The van der Waals surface area contributed by atoms with Gasteiger partial charge in [-0.3, -0.25) is 9.69 Å². The lowest BCUT2D eigenvalue weighted by atomic mass is 9.95. The molecule has 0 radical (unpaired) electrons. The third kappa shape index (κ3) is 8.49. The van der Waals surface area contributed by atoms with E-state index < -0.39 is 0 Å². The number of likely N-dealkylation sites (tertiary alicyclic amines) is 1. The number of piperazine rings is 1. The van der Waals surface area contributed by atoms with E-state index in [1.807, 2.05) is 0 Å². The van der Waals surface area contributed by atoms with Gasteiger partial charge in [0.05, 0.1) is 0 Å². The lowest BCUT2D eigenvalue weighted by Gasteiger charge is -2.40. The van der Waals surface area contributed by atoms with Gasteiger partial charge in [-0.05, 0) is 51.4 Å². The Morgan fingerprint density at radius 2 is 1.63 bits per heavy atom. The molecule has 2 aliphatic rings. The van der Waals surface area contributed by atoms with E-state index in [1.165, 1.54) is 45.6 Å². The summed E-state index contributed by atoms with van der Waals surface area (Å²) >= 11 is 0. The average Bonchev–Trinajstić information content (AvgIpc) is 2.65. The van der Waals surface area contributed by atoms with Crippen LogP contribution in [0.15, 0.2) is 0 Å². The molecule has 2 fully saturated rings. The molecule has 0 N–H and O–H groups in total. The topological polar surface area (TPSA) is 36.0 Å². The second-order valence-electron chi connectivity index (χ2n) is 9.15. The highest BCUT2D eigenvalue weighted by molar-refractivity contribution is 5.76. The summed E-state index contributed by atoms with van der Waals surface area (Å²) in [6, 6.07) is 0.669. The van der Waals surface area contributed by atoms with E-state index in [0.29, 0.717) is 24.3 Å². The number of nitrogens with zero attached hydrogens (tertiary/aromatic N) is 3. The van der Waals surface area contributed by atoms with Crippen molar-refractivity contribution in [2.75, 3.05) is 59.0 Å². The molecule has 2 rings (SSSR count). The number of amides is 1. The molecule has 1 amide bonds. The molecule has 0 aromatic rings. The van der Waals surface area contributed by atoms with E-state index >= 15 is 0 Å². The van der Waals surface area contributed by atoms with Crippen LogP contribution in [0.3, 0.4) is 0 Å². The van der Waals surface area contributed by atoms with Crippen LogP contribution in [0, 0.1) is 11.8 Å². The first-order valence-corrected chi connectivity index (χ1v) is 11.3. The van der Waals surface area contributed by atoms with Crippen LogP contribution in [0.25, 0.3) is 0 Å². The third-order valence-electron chi connectivity index (χ3n) is 6.14. The Kier molecular flexibility index (Phi) is 10.1. The van der Waals surface area contributed by atoms with Crippen molar-refractivity contribution in [3.05, 3.63) is 0 Å². The number of carbonyl (C=O) groups is 1. The zero-order valence-corrected chi connectivity index (χ0v) is 18.3. The molecule has 0 aromatic carbocycles. The normalized spacial score (nSPS) is 20.7. The van der Waals surface area contributed by atoms with Gasteiger partial charge in [-0.15, -0.1) is 0 Å². The van der Waals surface area contributed by atoms with Crippen molar-refractivity contribution in [1.82, 2.24) is 14.7 Å². The van der Waals surface area contributed by atoms with Crippen LogP contribution in [0.4, 0.5) is 0 Å². The molecule has 0 aliphatic carbocycles. The molecule has 5 heteroatoms. The second-order valence-corrected chi connectivity index (χ2v) is 9.15. The van der Waals surface area contributed by atoms with E-state index in [9.17, 15) is 4.79 Å². The Morgan fingerprint density at radius 1 is 0.963 bits per heavy atom. The molecule has 2 aliphatic heterocycles. The minimum atomic E-state index is 0.325. The third-order valence-corrected chi connectivity index (χ3v) is 6.14. The first-order chi connectivity index (χ1) is 13.0. The fourth-order valence-electron chi connectivity index (χ4n) is 4.10. The smallest absolute Gasteiger partial charge is 0.222 e. The lowest BCUT2D eigenvalue weighted by Crippen LogP contribution is -2.50. The van der Waals surface area contributed by atoms with Crippen molar-refractivity contribution in [2.45, 2.75) is 65.8 Å². The zero-order valence-electron chi connectivity index (χ0n) is 18.3. The van der Waals surface area contributed by atoms with Gasteiger partial charge in [-0.1, -0.05) is 13.8 Å². The van der Waals surface area contributed by atoms with Crippen molar-refractivity contribution in [2.24, 2.45) is 11.8 Å². The number of hydrogen-bond acceptors (Lipinski definition) is 4. The Hall–Kier alpha value is -0.650. The van der Waals surface area contributed by atoms with Crippen LogP contribution in [0.1, 0.15) is 59.8 Å². The van der Waals surface area contributed by atoms with Crippen molar-refractivity contribution in [3.63, 3.8) is 0 Å². The maximum atomic E-state index is 12.4. The maximum Gasteiger partial charge on any atom is 0.222 e. The van der Waals surface area contributed by atoms with Gasteiger partial charge >= 0.3 is 0 Å². The molecule has 0 aromatic heterocycles. The molecule has 0 atom stereocenters. The summed E-state index contributed by atoms with van der Waals surface area (Å²) in [5, 5.41) is 0. The molecule has 2 saturated heterocycles. The van der Waals surface area contributed by atoms with Crippen LogP contribution in [-0.2, 0) is 9.53 Å². The zero-order chi connectivity index (χ0) is 19.6. The highest BCUT2D eigenvalue weighted by Crippen LogP contribution is 2.20. The Bertz CT molecular complexity index is 412. The molecule has 158 valence electrons.